The van der Waals surface area contributed by atoms with Gasteiger partial charge in [-0.05, 0) is 38.2 Å². The van der Waals surface area contributed by atoms with Crippen molar-refractivity contribution >= 4 is 17.4 Å². The minimum atomic E-state index is 0.0454. The molecule has 1 aliphatic carbocycles. The third-order valence-corrected chi connectivity index (χ3v) is 3.17. The maximum absolute atomic E-state index is 12.2. The summed E-state index contributed by atoms with van der Waals surface area (Å²) in [5.41, 5.74) is 1.43. The highest BCUT2D eigenvalue weighted by molar-refractivity contribution is 6.34. The topological polar surface area (TPSA) is 34.9 Å². The molecule has 0 radical (unpaired) electrons. The van der Waals surface area contributed by atoms with Crippen LogP contribution in [0.2, 0.25) is 5.02 Å². The van der Waals surface area contributed by atoms with Gasteiger partial charge in [0.1, 0.15) is 5.69 Å². The van der Waals surface area contributed by atoms with E-state index in [1.165, 1.54) is 6.42 Å². The monoisotopic (exact) mass is 238 g/mol. The van der Waals surface area contributed by atoms with E-state index in [1.54, 1.807) is 10.9 Å². The van der Waals surface area contributed by atoms with E-state index in [2.05, 4.69) is 5.10 Å². The molecule has 1 aliphatic rings. The van der Waals surface area contributed by atoms with Gasteiger partial charge < -0.3 is 0 Å². The molecule has 2 rings (SSSR count). The Kier molecular flexibility index (Phi) is 3.44. The molecule has 1 aromatic heterocycles. The Morgan fingerprint density at radius 1 is 1.56 bits per heavy atom. The number of hydrogen-bond acceptors (Lipinski definition) is 2. The first-order valence-electron chi connectivity index (χ1n) is 5.69. The molecule has 16 heavy (non-hydrogen) atoms. The third-order valence-electron chi connectivity index (χ3n) is 2.89. The normalized spacial score (nSPS) is 16.0. The van der Waals surface area contributed by atoms with E-state index in [1.807, 2.05) is 13.0 Å². The molecule has 3 nitrogen and oxygen atoms in total. The lowest BCUT2D eigenvalue weighted by Gasteiger charge is -2.12. The molecule has 0 saturated carbocycles. The van der Waals surface area contributed by atoms with Gasteiger partial charge in [-0.15, -0.1) is 0 Å². The summed E-state index contributed by atoms with van der Waals surface area (Å²) in [6, 6.07) is 0. The van der Waals surface area contributed by atoms with Crippen LogP contribution in [-0.4, -0.2) is 15.6 Å². The molecule has 0 bridgehead atoms. The molecule has 0 unspecified atom stereocenters. The van der Waals surface area contributed by atoms with E-state index in [0.29, 0.717) is 17.3 Å². The van der Waals surface area contributed by atoms with Crippen molar-refractivity contribution in [2.45, 2.75) is 39.2 Å². The lowest BCUT2D eigenvalue weighted by atomic mass is 9.95. The van der Waals surface area contributed by atoms with Gasteiger partial charge >= 0.3 is 0 Å². The van der Waals surface area contributed by atoms with Crippen molar-refractivity contribution in [2.75, 3.05) is 0 Å². The van der Waals surface area contributed by atoms with Gasteiger partial charge in [0.15, 0.2) is 0 Å². The van der Waals surface area contributed by atoms with Gasteiger partial charge in [0.05, 0.1) is 11.2 Å². The summed E-state index contributed by atoms with van der Waals surface area (Å²) in [5.74, 6) is 0.0454. The van der Waals surface area contributed by atoms with Gasteiger partial charge in [0, 0.05) is 6.54 Å². The molecule has 0 fully saturated rings. The number of rotatable bonds is 3. The van der Waals surface area contributed by atoms with Gasteiger partial charge in [-0.2, -0.15) is 5.10 Å². The zero-order valence-electron chi connectivity index (χ0n) is 9.37. The third kappa shape index (κ3) is 2.05. The van der Waals surface area contributed by atoms with E-state index >= 15 is 0 Å². The van der Waals surface area contributed by atoms with Crippen molar-refractivity contribution in [3.63, 3.8) is 0 Å². The van der Waals surface area contributed by atoms with E-state index in [9.17, 15) is 4.79 Å². The van der Waals surface area contributed by atoms with Gasteiger partial charge in [0.2, 0.25) is 5.78 Å². The number of aromatic nitrogens is 2. The molecule has 0 amide bonds. The molecule has 4 heteroatoms. The maximum Gasteiger partial charge on any atom is 0.208 e. The smallest absolute Gasteiger partial charge is 0.208 e. The van der Waals surface area contributed by atoms with E-state index in [4.69, 9.17) is 11.6 Å². The summed E-state index contributed by atoms with van der Waals surface area (Å²) in [7, 11) is 0. The Labute approximate surface area is 100 Å². The Balaban J connectivity index is 2.32. The standard InChI is InChI=1S/C12H15ClN2O/c1-2-15-11(10(13)8-14-15)12(16)9-6-4-3-5-7-9/h6,8H,2-5,7H2,1H3. The number of Topliss-reactive ketones (excluding diaryl/α,β-unsaturated/α-hetero) is 1. The number of carbonyl (C=O) groups is 1. The van der Waals surface area contributed by atoms with Crippen LogP contribution in [0.1, 0.15) is 43.1 Å². The number of aryl methyl sites for hydroxylation is 1. The Hall–Kier alpha value is -1.09. The molecule has 0 aromatic carbocycles. The number of nitrogens with zero attached hydrogens (tertiary/aromatic N) is 2. The molecular formula is C12H15ClN2O. The molecule has 0 atom stereocenters. The van der Waals surface area contributed by atoms with Crippen molar-refractivity contribution in [3.05, 3.63) is 28.6 Å². The van der Waals surface area contributed by atoms with E-state index < -0.39 is 0 Å². The molecular weight excluding hydrogens is 224 g/mol. The molecule has 0 spiro atoms. The summed E-state index contributed by atoms with van der Waals surface area (Å²) in [6.07, 6.45) is 7.72. The van der Waals surface area contributed by atoms with Crippen molar-refractivity contribution in [1.29, 1.82) is 0 Å². The maximum atomic E-state index is 12.2. The van der Waals surface area contributed by atoms with Crippen LogP contribution in [0.15, 0.2) is 17.8 Å². The molecule has 1 heterocycles. The average molecular weight is 239 g/mol. The quantitative estimate of drug-likeness (QED) is 0.758. The first-order chi connectivity index (χ1) is 7.74. The van der Waals surface area contributed by atoms with Crippen LogP contribution in [-0.2, 0) is 6.54 Å². The highest BCUT2D eigenvalue weighted by Crippen LogP contribution is 2.24. The van der Waals surface area contributed by atoms with Crippen LogP contribution in [0.5, 0.6) is 0 Å². The van der Waals surface area contributed by atoms with Crippen LogP contribution in [0.25, 0.3) is 0 Å². The van der Waals surface area contributed by atoms with Crippen LogP contribution in [0, 0.1) is 0 Å². The Bertz CT molecular complexity index is 434. The summed E-state index contributed by atoms with van der Waals surface area (Å²) in [4.78, 5) is 12.2. The highest BCUT2D eigenvalue weighted by atomic mass is 35.5. The molecule has 86 valence electrons. The van der Waals surface area contributed by atoms with Crippen LogP contribution < -0.4 is 0 Å². The minimum absolute atomic E-state index is 0.0454. The summed E-state index contributed by atoms with van der Waals surface area (Å²) in [5, 5.41) is 4.54. The fourth-order valence-electron chi connectivity index (χ4n) is 2.02. The van der Waals surface area contributed by atoms with Crippen molar-refractivity contribution in [3.8, 4) is 0 Å². The van der Waals surface area contributed by atoms with Crippen molar-refractivity contribution in [2.24, 2.45) is 0 Å². The van der Waals surface area contributed by atoms with Gasteiger partial charge in [-0.25, -0.2) is 0 Å². The van der Waals surface area contributed by atoms with Gasteiger partial charge in [-0.3, -0.25) is 9.48 Å². The van der Waals surface area contributed by atoms with E-state index in [-0.39, 0.29) is 5.78 Å². The van der Waals surface area contributed by atoms with Gasteiger partial charge in [-0.1, -0.05) is 17.7 Å². The number of allylic oxidation sites excluding steroid dienone is 2. The second-order valence-corrected chi connectivity index (χ2v) is 4.37. The molecule has 1 aromatic rings. The van der Waals surface area contributed by atoms with Gasteiger partial charge in [0.25, 0.3) is 0 Å². The predicted molar refractivity (Wildman–Crippen MR) is 63.8 cm³/mol. The summed E-state index contributed by atoms with van der Waals surface area (Å²) in [6.45, 7) is 2.62. The van der Waals surface area contributed by atoms with E-state index in [0.717, 1.165) is 24.8 Å². The molecule has 0 saturated heterocycles. The van der Waals surface area contributed by atoms with Crippen molar-refractivity contribution < 1.29 is 4.79 Å². The molecule has 0 N–H and O–H groups in total. The van der Waals surface area contributed by atoms with Crippen LogP contribution in [0.3, 0.4) is 0 Å². The second kappa shape index (κ2) is 4.83. The summed E-state index contributed by atoms with van der Waals surface area (Å²) >= 11 is 6.01. The largest absolute Gasteiger partial charge is 0.287 e. The fourth-order valence-corrected chi connectivity index (χ4v) is 2.25. The lowest BCUT2D eigenvalue weighted by Crippen LogP contribution is -2.13. The lowest BCUT2D eigenvalue weighted by molar-refractivity contribution is 0.101. The first-order valence-corrected chi connectivity index (χ1v) is 6.07. The SMILES string of the molecule is CCn1ncc(Cl)c1C(=O)C1=CCCCC1. The Morgan fingerprint density at radius 3 is 3.00 bits per heavy atom. The zero-order chi connectivity index (χ0) is 11.5. The first kappa shape index (κ1) is 11.4. The zero-order valence-corrected chi connectivity index (χ0v) is 10.1. The minimum Gasteiger partial charge on any atom is -0.287 e. The summed E-state index contributed by atoms with van der Waals surface area (Å²) < 4.78 is 1.67. The number of hydrogen-bond donors (Lipinski definition) is 0. The van der Waals surface area contributed by atoms with Crippen molar-refractivity contribution in [1.82, 2.24) is 9.78 Å². The number of ketones is 1. The number of carbonyl (C=O) groups excluding carboxylic acids is 1. The fraction of sp³-hybridized carbons (Fsp3) is 0.500. The van der Waals surface area contributed by atoms with Crippen LogP contribution in [0.4, 0.5) is 0 Å². The molecule has 0 aliphatic heterocycles. The van der Waals surface area contributed by atoms with Crippen LogP contribution >= 0.6 is 11.6 Å². The second-order valence-electron chi connectivity index (χ2n) is 3.96. The Morgan fingerprint density at radius 2 is 2.38 bits per heavy atom. The highest BCUT2D eigenvalue weighted by Gasteiger charge is 2.21. The average Bonchev–Trinajstić information content (AvgIpc) is 2.70. The number of halogens is 1. The predicted octanol–water partition coefficient (Wildman–Crippen LogP) is 3.24.